The number of hydrogen-bond acceptors (Lipinski definition) is 3. The second kappa shape index (κ2) is 6.05. The first kappa shape index (κ1) is 14.5. The monoisotopic (exact) mass is 275 g/mol. The highest BCUT2D eigenvalue weighted by atomic mass is 16.2. The molecule has 1 aliphatic heterocycles. The third kappa shape index (κ3) is 2.99. The molecule has 1 unspecified atom stereocenters. The maximum absolute atomic E-state index is 12.4. The van der Waals surface area contributed by atoms with Gasteiger partial charge in [0.2, 0.25) is 5.91 Å². The zero-order valence-electron chi connectivity index (χ0n) is 12.2. The Morgan fingerprint density at radius 1 is 1.35 bits per heavy atom. The number of benzene rings is 1. The fraction of sp³-hybridized carbons (Fsp3) is 0.467. The minimum Gasteiger partial charge on any atom is -0.347 e. The van der Waals surface area contributed by atoms with Gasteiger partial charge in [-0.25, -0.2) is 0 Å². The van der Waals surface area contributed by atoms with E-state index in [2.05, 4.69) is 10.6 Å². The van der Waals surface area contributed by atoms with Crippen molar-refractivity contribution in [3.05, 3.63) is 34.9 Å². The van der Waals surface area contributed by atoms with Gasteiger partial charge in [0.25, 0.3) is 5.91 Å². The van der Waals surface area contributed by atoms with E-state index >= 15 is 0 Å². The molecular formula is C15H21N3O2. The summed E-state index contributed by atoms with van der Waals surface area (Å²) in [5.74, 6) is -0.281. The minimum atomic E-state index is -0.518. The maximum atomic E-state index is 12.4. The van der Waals surface area contributed by atoms with Gasteiger partial charge in [0.1, 0.15) is 6.04 Å². The van der Waals surface area contributed by atoms with E-state index in [0.29, 0.717) is 5.56 Å². The van der Waals surface area contributed by atoms with Crippen LogP contribution in [-0.4, -0.2) is 43.4 Å². The van der Waals surface area contributed by atoms with Crippen molar-refractivity contribution >= 4 is 11.8 Å². The second-order valence-electron chi connectivity index (χ2n) is 5.30. The van der Waals surface area contributed by atoms with E-state index in [1.54, 1.807) is 21.0 Å². The van der Waals surface area contributed by atoms with E-state index in [1.165, 1.54) is 4.90 Å². The smallest absolute Gasteiger partial charge is 0.252 e. The zero-order chi connectivity index (χ0) is 14.7. The first-order chi connectivity index (χ1) is 9.50. The van der Waals surface area contributed by atoms with Crippen molar-refractivity contribution in [1.29, 1.82) is 0 Å². The molecular weight excluding hydrogens is 254 g/mol. The molecule has 20 heavy (non-hydrogen) atoms. The average Bonchev–Trinajstić information content (AvgIpc) is 2.45. The van der Waals surface area contributed by atoms with Crippen LogP contribution < -0.4 is 10.6 Å². The first-order valence-electron chi connectivity index (χ1n) is 6.84. The molecule has 0 bridgehead atoms. The molecule has 0 spiro atoms. The van der Waals surface area contributed by atoms with Crippen molar-refractivity contribution in [2.75, 3.05) is 20.6 Å². The molecule has 0 radical (unpaired) electrons. The summed E-state index contributed by atoms with van der Waals surface area (Å²) in [6, 6.07) is 5.23. The van der Waals surface area contributed by atoms with E-state index in [1.807, 2.05) is 18.2 Å². The second-order valence-corrected chi connectivity index (χ2v) is 5.30. The number of carbonyl (C=O) groups is 2. The molecule has 1 aromatic carbocycles. The molecule has 0 saturated heterocycles. The van der Waals surface area contributed by atoms with E-state index < -0.39 is 6.04 Å². The quantitative estimate of drug-likeness (QED) is 0.846. The number of carbonyl (C=O) groups excluding carboxylic acids is 2. The average molecular weight is 275 g/mol. The largest absolute Gasteiger partial charge is 0.347 e. The summed E-state index contributed by atoms with van der Waals surface area (Å²) in [5, 5.41) is 6.07. The Labute approximate surface area is 119 Å². The molecule has 0 aliphatic carbocycles. The predicted octanol–water partition coefficient (Wildman–Crippen LogP) is 0.539. The summed E-state index contributed by atoms with van der Waals surface area (Å²) in [6.45, 7) is 3.38. The van der Waals surface area contributed by atoms with Crippen molar-refractivity contribution in [2.45, 2.75) is 25.9 Å². The molecule has 2 rings (SSSR count). The van der Waals surface area contributed by atoms with Gasteiger partial charge < -0.3 is 15.5 Å². The van der Waals surface area contributed by atoms with Gasteiger partial charge in [-0.15, -0.1) is 0 Å². The van der Waals surface area contributed by atoms with Crippen molar-refractivity contribution in [3.8, 4) is 0 Å². The Hall–Kier alpha value is -1.88. The van der Waals surface area contributed by atoms with Crippen molar-refractivity contribution in [3.63, 3.8) is 0 Å². The van der Waals surface area contributed by atoms with E-state index in [9.17, 15) is 9.59 Å². The van der Waals surface area contributed by atoms with Crippen LogP contribution in [0.15, 0.2) is 18.2 Å². The summed E-state index contributed by atoms with van der Waals surface area (Å²) in [6.07, 6.45) is 0.842. The number of nitrogens with zero attached hydrogens (tertiary/aromatic N) is 1. The van der Waals surface area contributed by atoms with Crippen molar-refractivity contribution in [1.82, 2.24) is 15.5 Å². The fourth-order valence-corrected chi connectivity index (χ4v) is 2.47. The van der Waals surface area contributed by atoms with Crippen molar-refractivity contribution in [2.24, 2.45) is 0 Å². The van der Waals surface area contributed by atoms with Crippen LogP contribution in [0.25, 0.3) is 0 Å². The van der Waals surface area contributed by atoms with Crippen LogP contribution in [0.3, 0.4) is 0 Å². The van der Waals surface area contributed by atoms with E-state index in [4.69, 9.17) is 0 Å². The fourth-order valence-electron chi connectivity index (χ4n) is 2.47. The minimum absolute atomic E-state index is 0.107. The van der Waals surface area contributed by atoms with Gasteiger partial charge in [0.15, 0.2) is 0 Å². The third-order valence-electron chi connectivity index (χ3n) is 3.54. The summed E-state index contributed by atoms with van der Waals surface area (Å²) in [7, 11) is 3.36. The molecule has 108 valence electrons. The molecule has 0 fully saturated rings. The highest BCUT2D eigenvalue weighted by Crippen LogP contribution is 2.18. The summed E-state index contributed by atoms with van der Waals surface area (Å²) < 4.78 is 0. The lowest BCUT2D eigenvalue weighted by Crippen LogP contribution is -2.44. The Morgan fingerprint density at radius 2 is 2.10 bits per heavy atom. The lowest BCUT2D eigenvalue weighted by Gasteiger charge is -2.22. The van der Waals surface area contributed by atoms with Gasteiger partial charge in [0, 0.05) is 26.2 Å². The van der Waals surface area contributed by atoms with Gasteiger partial charge in [-0.1, -0.05) is 12.1 Å². The van der Waals surface area contributed by atoms with Crippen LogP contribution in [0.1, 0.15) is 28.4 Å². The normalized spacial score (nSPS) is 15.2. The topological polar surface area (TPSA) is 61.4 Å². The Bertz CT molecular complexity index is 526. The molecule has 5 heteroatoms. The number of rotatable bonds is 3. The summed E-state index contributed by atoms with van der Waals surface area (Å²) in [5.41, 5.74) is 2.94. The van der Waals surface area contributed by atoms with E-state index in [-0.39, 0.29) is 11.8 Å². The van der Waals surface area contributed by atoms with Crippen molar-refractivity contribution < 1.29 is 9.59 Å². The van der Waals surface area contributed by atoms with Gasteiger partial charge >= 0.3 is 0 Å². The molecule has 1 aromatic rings. The number of amides is 2. The maximum Gasteiger partial charge on any atom is 0.252 e. The SMILES string of the molecule is CC(NC(=O)c1cccc2c1CCNC2)C(=O)N(C)C. The highest BCUT2D eigenvalue weighted by Gasteiger charge is 2.21. The van der Waals surface area contributed by atoms with Crippen LogP contribution in [0, 0.1) is 0 Å². The Balaban J connectivity index is 2.16. The van der Waals surface area contributed by atoms with E-state index in [0.717, 1.165) is 30.6 Å². The number of likely N-dealkylation sites (N-methyl/N-ethyl adjacent to an activating group) is 1. The Morgan fingerprint density at radius 3 is 2.80 bits per heavy atom. The van der Waals surface area contributed by atoms with Crippen LogP contribution >= 0.6 is 0 Å². The summed E-state index contributed by atoms with van der Waals surface area (Å²) >= 11 is 0. The van der Waals surface area contributed by atoms with Crippen LogP contribution in [0.4, 0.5) is 0 Å². The Kier molecular flexibility index (Phi) is 4.39. The number of nitrogens with one attached hydrogen (secondary N) is 2. The molecule has 0 aromatic heterocycles. The number of hydrogen-bond donors (Lipinski definition) is 2. The lowest BCUT2D eigenvalue weighted by molar-refractivity contribution is -0.130. The van der Waals surface area contributed by atoms with Crippen LogP contribution in [0.2, 0.25) is 0 Å². The molecule has 2 amide bonds. The standard InChI is InChI=1S/C15H21N3O2/c1-10(15(20)18(2)3)17-14(19)13-6-4-5-11-9-16-8-7-12(11)13/h4-6,10,16H,7-9H2,1-3H3,(H,17,19). The van der Waals surface area contributed by atoms with Crippen LogP contribution in [-0.2, 0) is 17.8 Å². The van der Waals surface area contributed by atoms with Gasteiger partial charge in [-0.3, -0.25) is 9.59 Å². The molecule has 0 saturated carbocycles. The van der Waals surface area contributed by atoms with Gasteiger partial charge in [-0.05, 0) is 37.1 Å². The first-order valence-corrected chi connectivity index (χ1v) is 6.84. The predicted molar refractivity (Wildman–Crippen MR) is 77.5 cm³/mol. The molecule has 5 nitrogen and oxygen atoms in total. The highest BCUT2D eigenvalue weighted by molar-refractivity contribution is 5.98. The zero-order valence-corrected chi connectivity index (χ0v) is 12.2. The summed E-state index contributed by atoms with van der Waals surface area (Å²) in [4.78, 5) is 25.6. The molecule has 1 atom stereocenters. The van der Waals surface area contributed by atoms with Gasteiger partial charge in [0.05, 0.1) is 0 Å². The molecule has 1 heterocycles. The van der Waals surface area contributed by atoms with Gasteiger partial charge in [-0.2, -0.15) is 0 Å². The number of fused-ring (bicyclic) bond motifs is 1. The molecule has 2 N–H and O–H groups in total. The lowest BCUT2D eigenvalue weighted by atomic mass is 9.95. The third-order valence-corrected chi connectivity index (χ3v) is 3.54. The van der Waals surface area contributed by atoms with Crippen LogP contribution in [0.5, 0.6) is 0 Å². The molecule has 1 aliphatic rings.